The molecule has 2 rings (SSSR count). The molecule has 0 bridgehead atoms. The van der Waals surface area contributed by atoms with Crippen LogP contribution in [0.15, 0.2) is 42.5 Å². The quantitative estimate of drug-likeness (QED) is 0.531. The van der Waals surface area contributed by atoms with E-state index in [1.54, 1.807) is 4.90 Å². The summed E-state index contributed by atoms with van der Waals surface area (Å²) in [6.45, 7) is 11.0. The lowest BCUT2D eigenvalue weighted by Crippen LogP contribution is -2.50. The van der Waals surface area contributed by atoms with Gasteiger partial charge in [-0.1, -0.05) is 50.6 Å². The number of carbonyl (C=O) groups is 2. The van der Waals surface area contributed by atoms with Gasteiger partial charge in [0.05, 0.1) is 0 Å². The number of ether oxygens (including phenoxy) is 1. The zero-order valence-corrected chi connectivity index (χ0v) is 19.5. The predicted molar refractivity (Wildman–Crippen MR) is 125 cm³/mol. The Hall–Kier alpha value is -2.82. The summed E-state index contributed by atoms with van der Waals surface area (Å²) in [6, 6.07) is 13.2. The summed E-state index contributed by atoms with van der Waals surface area (Å²) >= 11 is 0. The molecule has 0 heterocycles. The van der Waals surface area contributed by atoms with Crippen LogP contribution < -0.4 is 10.1 Å². The summed E-state index contributed by atoms with van der Waals surface area (Å²) in [5.41, 5.74) is 4.41. The van der Waals surface area contributed by atoms with Gasteiger partial charge >= 0.3 is 0 Å². The smallest absolute Gasteiger partial charge is 0.261 e. The van der Waals surface area contributed by atoms with Crippen LogP contribution in [0.1, 0.15) is 55.4 Å². The van der Waals surface area contributed by atoms with E-state index in [4.69, 9.17) is 4.74 Å². The minimum atomic E-state index is -0.535. The fraction of sp³-hybridized carbons (Fsp3) is 0.462. The van der Waals surface area contributed by atoms with Crippen LogP contribution in [0.4, 0.5) is 0 Å². The lowest BCUT2D eigenvalue weighted by molar-refractivity contribution is -0.143. The van der Waals surface area contributed by atoms with E-state index in [1.807, 2.05) is 70.2 Å². The number of amides is 2. The molecule has 0 aliphatic heterocycles. The maximum absolute atomic E-state index is 13.2. The molecule has 2 aromatic carbocycles. The van der Waals surface area contributed by atoms with Crippen molar-refractivity contribution in [2.75, 3.05) is 13.2 Å². The summed E-state index contributed by atoms with van der Waals surface area (Å²) in [6.07, 6.45) is 2.47. The third-order valence-electron chi connectivity index (χ3n) is 5.66. The Morgan fingerprint density at radius 1 is 1.00 bits per heavy atom. The Kier molecular flexibility index (Phi) is 9.57. The van der Waals surface area contributed by atoms with E-state index in [2.05, 4.69) is 12.2 Å². The molecule has 5 heteroatoms. The molecule has 2 aromatic rings. The molecule has 0 aromatic heterocycles. The number of hydrogen-bond acceptors (Lipinski definition) is 3. The fourth-order valence-corrected chi connectivity index (χ4v) is 3.43. The summed E-state index contributed by atoms with van der Waals surface area (Å²) in [7, 11) is 0. The van der Waals surface area contributed by atoms with Crippen LogP contribution in [-0.4, -0.2) is 35.9 Å². The third kappa shape index (κ3) is 7.12. The van der Waals surface area contributed by atoms with Crippen molar-refractivity contribution in [1.82, 2.24) is 10.2 Å². The molecule has 0 fully saturated rings. The van der Waals surface area contributed by atoms with Gasteiger partial charge < -0.3 is 15.0 Å². The zero-order chi connectivity index (χ0) is 22.8. The van der Waals surface area contributed by atoms with Gasteiger partial charge in [0.2, 0.25) is 5.91 Å². The van der Waals surface area contributed by atoms with E-state index in [1.165, 1.54) is 5.56 Å². The van der Waals surface area contributed by atoms with Gasteiger partial charge in [-0.3, -0.25) is 9.59 Å². The van der Waals surface area contributed by atoms with E-state index < -0.39 is 6.04 Å². The lowest BCUT2D eigenvalue weighted by atomic mass is 10.1. The summed E-state index contributed by atoms with van der Waals surface area (Å²) in [4.78, 5) is 27.8. The molecule has 0 aliphatic carbocycles. The number of unbranched alkanes of at least 4 members (excludes halogenated alkanes) is 1. The molecule has 1 N–H and O–H groups in total. The molecule has 0 saturated carbocycles. The van der Waals surface area contributed by atoms with Crippen LogP contribution in [0.3, 0.4) is 0 Å². The monoisotopic (exact) mass is 424 g/mol. The van der Waals surface area contributed by atoms with Crippen LogP contribution in [0.25, 0.3) is 0 Å². The maximum Gasteiger partial charge on any atom is 0.261 e. The van der Waals surface area contributed by atoms with Crippen LogP contribution in [0.2, 0.25) is 0 Å². The van der Waals surface area contributed by atoms with E-state index in [-0.39, 0.29) is 18.4 Å². The van der Waals surface area contributed by atoms with Gasteiger partial charge in [-0.25, -0.2) is 0 Å². The molecular weight excluding hydrogens is 388 g/mol. The van der Waals surface area contributed by atoms with Crippen molar-refractivity contribution in [3.8, 4) is 5.75 Å². The van der Waals surface area contributed by atoms with Gasteiger partial charge in [-0.05, 0) is 68.0 Å². The standard InChI is InChI=1S/C26H36N2O3/c1-6-8-15-27-26(30)24(7-2)28(17-22-12-10-9-11-20(22)4)25(29)18-31-23-14-13-19(3)21(5)16-23/h9-14,16,24H,6-8,15,17-18H2,1-5H3,(H,27,30)/t24-/m1/s1. The summed E-state index contributed by atoms with van der Waals surface area (Å²) in [5, 5.41) is 2.98. The number of aryl methyl sites for hydroxylation is 3. The second-order valence-corrected chi connectivity index (χ2v) is 8.05. The highest BCUT2D eigenvalue weighted by Crippen LogP contribution is 2.18. The fourth-order valence-electron chi connectivity index (χ4n) is 3.43. The number of hydrogen-bond donors (Lipinski definition) is 1. The molecule has 0 saturated heterocycles. The van der Waals surface area contributed by atoms with E-state index in [0.717, 1.165) is 29.5 Å². The zero-order valence-electron chi connectivity index (χ0n) is 19.5. The molecule has 5 nitrogen and oxygen atoms in total. The number of benzene rings is 2. The molecular formula is C26H36N2O3. The predicted octanol–water partition coefficient (Wildman–Crippen LogP) is 4.71. The maximum atomic E-state index is 13.2. The first-order chi connectivity index (χ1) is 14.9. The van der Waals surface area contributed by atoms with E-state index >= 15 is 0 Å². The van der Waals surface area contributed by atoms with Crippen LogP contribution in [0.5, 0.6) is 5.75 Å². The molecule has 168 valence electrons. The Labute approximate surface area is 186 Å². The molecule has 31 heavy (non-hydrogen) atoms. The van der Waals surface area contributed by atoms with Crippen LogP contribution >= 0.6 is 0 Å². The number of nitrogens with zero attached hydrogens (tertiary/aromatic N) is 1. The van der Waals surface area contributed by atoms with E-state index in [9.17, 15) is 9.59 Å². The minimum absolute atomic E-state index is 0.104. The molecule has 2 amide bonds. The van der Waals surface area contributed by atoms with Crippen molar-refractivity contribution >= 4 is 11.8 Å². The van der Waals surface area contributed by atoms with E-state index in [0.29, 0.717) is 25.3 Å². The second kappa shape index (κ2) is 12.1. The van der Waals surface area contributed by atoms with Gasteiger partial charge in [0, 0.05) is 13.1 Å². The highest BCUT2D eigenvalue weighted by Gasteiger charge is 2.29. The number of nitrogens with one attached hydrogen (secondary N) is 1. The van der Waals surface area contributed by atoms with Crippen molar-refractivity contribution in [2.24, 2.45) is 0 Å². The number of carbonyl (C=O) groups excluding carboxylic acids is 2. The summed E-state index contributed by atoms with van der Waals surface area (Å²) in [5.74, 6) is 0.357. The van der Waals surface area contributed by atoms with Gasteiger partial charge in [-0.2, -0.15) is 0 Å². The minimum Gasteiger partial charge on any atom is -0.484 e. The van der Waals surface area contributed by atoms with Gasteiger partial charge in [0.15, 0.2) is 6.61 Å². The van der Waals surface area contributed by atoms with Gasteiger partial charge in [0.1, 0.15) is 11.8 Å². The summed E-state index contributed by atoms with van der Waals surface area (Å²) < 4.78 is 5.80. The normalized spacial score (nSPS) is 11.6. The Bertz CT molecular complexity index is 879. The largest absolute Gasteiger partial charge is 0.484 e. The highest BCUT2D eigenvalue weighted by molar-refractivity contribution is 5.88. The Balaban J connectivity index is 2.20. The molecule has 0 radical (unpaired) electrons. The first-order valence-corrected chi connectivity index (χ1v) is 11.2. The highest BCUT2D eigenvalue weighted by atomic mass is 16.5. The molecule has 1 atom stereocenters. The first kappa shape index (κ1) is 24.4. The van der Waals surface area contributed by atoms with Crippen molar-refractivity contribution in [1.29, 1.82) is 0 Å². The first-order valence-electron chi connectivity index (χ1n) is 11.2. The van der Waals surface area contributed by atoms with Crippen molar-refractivity contribution in [3.05, 3.63) is 64.7 Å². The Morgan fingerprint density at radius 2 is 1.74 bits per heavy atom. The average molecular weight is 425 g/mol. The second-order valence-electron chi connectivity index (χ2n) is 8.05. The topological polar surface area (TPSA) is 58.6 Å². The van der Waals surface area contributed by atoms with Crippen LogP contribution in [-0.2, 0) is 16.1 Å². The van der Waals surface area contributed by atoms with Crippen molar-refractivity contribution in [2.45, 2.75) is 66.5 Å². The van der Waals surface area contributed by atoms with Gasteiger partial charge in [0.25, 0.3) is 5.91 Å². The molecule has 0 unspecified atom stereocenters. The van der Waals surface area contributed by atoms with Gasteiger partial charge in [-0.15, -0.1) is 0 Å². The van der Waals surface area contributed by atoms with Crippen LogP contribution in [0, 0.1) is 20.8 Å². The van der Waals surface area contributed by atoms with Crippen molar-refractivity contribution in [3.63, 3.8) is 0 Å². The SMILES string of the molecule is CCCCNC(=O)[C@@H](CC)N(Cc1ccccc1C)C(=O)COc1ccc(C)c(C)c1. The third-order valence-corrected chi connectivity index (χ3v) is 5.66. The molecule has 0 spiro atoms. The Morgan fingerprint density at radius 3 is 2.39 bits per heavy atom. The van der Waals surface area contributed by atoms with Crippen molar-refractivity contribution < 1.29 is 14.3 Å². The average Bonchev–Trinajstić information content (AvgIpc) is 2.75. The molecule has 0 aliphatic rings. The number of rotatable bonds is 11. The lowest BCUT2D eigenvalue weighted by Gasteiger charge is -2.31.